The van der Waals surface area contributed by atoms with Gasteiger partial charge in [0.05, 0.1) is 5.69 Å². The van der Waals surface area contributed by atoms with Gasteiger partial charge in [0.2, 0.25) is 0 Å². The number of ketones is 1. The Labute approximate surface area is 138 Å². The van der Waals surface area contributed by atoms with Gasteiger partial charge in [-0.05, 0) is 31.0 Å². The van der Waals surface area contributed by atoms with E-state index in [-0.39, 0.29) is 12.2 Å². The van der Waals surface area contributed by atoms with Crippen LogP contribution in [0, 0.1) is 6.92 Å². The predicted molar refractivity (Wildman–Crippen MR) is 89.6 cm³/mol. The van der Waals surface area contributed by atoms with Crippen molar-refractivity contribution in [2.24, 2.45) is 10.7 Å². The Morgan fingerprint density at radius 1 is 1.52 bits per heavy atom. The van der Waals surface area contributed by atoms with Gasteiger partial charge in [0.25, 0.3) is 0 Å². The van der Waals surface area contributed by atoms with E-state index in [0.29, 0.717) is 16.8 Å². The molecule has 1 atom stereocenters. The monoisotopic (exact) mass is 330 g/mol. The Morgan fingerprint density at radius 3 is 3.04 bits per heavy atom. The molecule has 6 nitrogen and oxygen atoms in total. The molecular formula is C16H18N4O2S. The molecule has 0 amide bonds. The van der Waals surface area contributed by atoms with Crippen molar-refractivity contribution in [1.82, 2.24) is 9.97 Å². The molecule has 7 heteroatoms. The lowest BCUT2D eigenvalue weighted by Gasteiger charge is -2.28. The molecule has 0 saturated heterocycles. The molecule has 0 fully saturated rings. The molecule has 2 N–H and O–H groups in total. The third-order valence-corrected chi connectivity index (χ3v) is 4.64. The maximum atomic E-state index is 12.3. The van der Waals surface area contributed by atoms with Gasteiger partial charge >= 0.3 is 0 Å². The van der Waals surface area contributed by atoms with Crippen LogP contribution in [0.15, 0.2) is 34.0 Å². The van der Waals surface area contributed by atoms with E-state index in [1.807, 2.05) is 19.1 Å². The zero-order valence-corrected chi connectivity index (χ0v) is 13.9. The van der Waals surface area contributed by atoms with Crippen molar-refractivity contribution in [2.75, 3.05) is 5.75 Å². The first-order valence-corrected chi connectivity index (χ1v) is 8.34. The van der Waals surface area contributed by atoms with Crippen LogP contribution in [0.2, 0.25) is 0 Å². The number of nitrogens with two attached hydrogens (primary N) is 1. The minimum absolute atomic E-state index is 0.0774. The Morgan fingerprint density at radius 2 is 2.35 bits per heavy atom. The van der Waals surface area contributed by atoms with Crippen molar-refractivity contribution in [1.29, 1.82) is 0 Å². The number of Topliss-reactive ketones (excluding diaryl/α,β-unsaturated/α-hetero) is 1. The third kappa shape index (κ3) is 3.44. The molecule has 0 radical (unpaired) electrons. The second kappa shape index (κ2) is 6.16. The molecule has 2 aromatic heterocycles. The summed E-state index contributed by atoms with van der Waals surface area (Å²) in [4.78, 5) is 25.3. The number of carbonyl (C=O) groups is 1. The average Bonchev–Trinajstić information content (AvgIpc) is 2.94. The lowest BCUT2D eigenvalue weighted by molar-refractivity contribution is 0.0988. The Hall–Kier alpha value is -2.15. The second-order valence-corrected chi connectivity index (χ2v) is 6.84. The minimum Gasteiger partial charge on any atom is -0.449 e. The van der Waals surface area contributed by atoms with Gasteiger partial charge in [-0.2, -0.15) is 0 Å². The van der Waals surface area contributed by atoms with Crippen LogP contribution in [-0.4, -0.2) is 26.7 Å². The standard InChI is InChI=1S/C16H18N4O2S/c1-10-19-12(9-22-10)13(21)7-11-3-5-18-14(8-11)16(2)4-6-23-15(17)20-16/h3,5,8-9H,4,6-7H2,1-2H3,(H2,17,20)/t16-/m0/s1. The number of hydrogen-bond donors (Lipinski definition) is 1. The zero-order valence-electron chi connectivity index (χ0n) is 13.1. The van der Waals surface area contributed by atoms with Gasteiger partial charge in [0.15, 0.2) is 16.8 Å². The van der Waals surface area contributed by atoms with Crippen molar-refractivity contribution < 1.29 is 9.21 Å². The van der Waals surface area contributed by atoms with Gasteiger partial charge < -0.3 is 10.2 Å². The van der Waals surface area contributed by atoms with Crippen LogP contribution in [0.3, 0.4) is 0 Å². The first-order valence-electron chi connectivity index (χ1n) is 7.35. The molecule has 0 unspecified atom stereocenters. The number of hydrogen-bond acceptors (Lipinski definition) is 7. The maximum absolute atomic E-state index is 12.3. The summed E-state index contributed by atoms with van der Waals surface area (Å²) in [5, 5.41) is 0.583. The molecule has 0 aliphatic carbocycles. The molecule has 120 valence electrons. The summed E-state index contributed by atoms with van der Waals surface area (Å²) >= 11 is 1.56. The molecule has 0 bridgehead atoms. The van der Waals surface area contributed by atoms with Crippen LogP contribution in [0.25, 0.3) is 0 Å². The fourth-order valence-electron chi connectivity index (χ4n) is 2.52. The van der Waals surface area contributed by atoms with Gasteiger partial charge in [-0.1, -0.05) is 11.8 Å². The highest BCUT2D eigenvalue weighted by Crippen LogP contribution is 2.34. The summed E-state index contributed by atoms with van der Waals surface area (Å²) in [6.07, 6.45) is 4.23. The maximum Gasteiger partial charge on any atom is 0.191 e. The zero-order chi connectivity index (χ0) is 16.4. The molecule has 23 heavy (non-hydrogen) atoms. The number of pyridine rings is 1. The van der Waals surface area contributed by atoms with Gasteiger partial charge in [-0.15, -0.1) is 0 Å². The topological polar surface area (TPSA) is 94.4 Å². The Bertz CT molecular complexity index is 771. The van der Waals surface area contributed by atoms with Crippen LogP contribution < -0.4 is 5.73 Å². The van der Waals surface area contributed by atoms with E-state index >= 15 is 0 Å². The number of aryl methyl sites for hydroxylation is 1. The third-order valence-electron chi connectivity index (χ3n) is 3.84. The van der Waals surface area contributed by atoms with Crippen LogP contribution in [0.4, 0.5) is 0 Å². The second-order valence-electron chi connectivity index (χ2n) is 5.72. The van der Waals surface area contributed by atoms with E-state index in [0.717, 1.165) is 23.4 Å². The largest absolute Gasteiger partial charge is 0.449 e. The lowest BCUT2D eigenvalue weighted by Crippen LogP contribution is -2.29. The van der Waals surface area contributed by atoms with Gasteiger partial charge in [-0.25, -0.2) is 9.98 Å². The van der Waals surface area contributed by atoms with Crippen LogP contribution in [0.5, 0.6) is 0 Å². The molecule has 1 aliphatic heterocycles. The lowest BCUT2D eigenvalue weighted by atomic mass is 9.93. The van der Waals surface area contributed by atoms with E-state index in [1.165, 1.54) is 6.26 Å². The Balaban J connectivity index is 1.83. The average molecular weight is 330 g/mol. The van der Waals surface area contributed by atoms with Gasteiger partial charge in [-0.3, -0.25) is 9.78 Å². The first kappa shape index (κ1) is 15.7. The summed E-state index contributed by atoms with van der Waals surface area (Å²) < 4.78 is 5.09. The van der Waals surface area contributed by atoms with Crippen LogP contribution in [0.1, 0.15) is 41.0 Å². The van der Waals surface area contributed by atoms with E-state index in [2.05, 4.69) is 15.0 Å². The number of oxazole rings is 1. The molecular weight excluding hydrogens is 312 g/mol. The van der Waals surface area contributed by atoms with Crippen LogP contribution >= 0.6 is 11.8 Å². The van der Waals surface area contributed by atoms with E-state index < -0.39 is 5.54 Å². The fraction of sp³-hybridized carbons (Fsp3) is 0.375. The van der Waals surface area contributed by atoms with Crippen molar-refractivity contribution in [3.05, 3.63) is 47.4 Å². The number of aliphatic imine (C=N–C) groups is 1. The van der Waals surface area contributed by atoms with Gasteiger partial charge in [0.1, 0.15) is 17.5 Å². The molecule has 3 heterocycles. The summed E-state index contributed by atoms with van der Waals surface area (Å²) in [5.41, 5.74) is 7.49. The van der Waals surface area contributed by atoms with Crippen molar-refractivity contribution in [3.63, 3.8) is 0 Å². The van der Waals surface area contributed by atoms with E-state index in [1.54, 1.807) is 24.9 Å². The van der Waals surface area contributed by atoms with Crippen LogP contribution in [-0.2, 0) is 12.0 Å². The fourth-order valence-corrected chi connectivity index (χ4v) is 3.49. The summed E-state index contributed by atoms with van der Waals surface area (Å²) in [7, 11) is 0. The minimum atomic E-state index is -0.432. The van der Waals surface area contributed by atoms with E-state index in [4.69, 9.17) is 10.2 Å². The number of aromatic nitrogens is 2. The quantitative estimate of drug-likeness (QED) is 0.865. The smallest absolute Gasteiger partial charge is 0.191 e. The Kier molecular flexibility index (Phi) is 4.21. The molecule has 0 aromatic carbocycles. The molecule has 0 saturated carbocycles. The number of thioether (sulfide) groups is 1. The first-order chi connectivity index (χ1) is 11.0. The van der Waals surface area contributed by atoms with E-state index in [9.17, 15) is 4.79 Å². The van der Waals surface area contributed by atoms with Crippen molar-refractivity contribution in [3.8, 4) is 0 Å². The number of nitrogens with zero attached hydrogens (tertiary/aromatic N) is 3. The molecule has 0 spiro atoms. The van der Waals surface area contributed by atoms with Crippen molar-refractivity contribution >= 4 is 22.7 Å². The molecule has 1 aliphatic rings. The number of rotatable bonds is 4. The highest BCUT2D eigenvalue weighted by Gasteiger charge is 2.31. The van der Waals surface area contributed by atoms with Gasteiger partial charge in [0, 0.05) is 25.3 Å². The number of carbonyl (C=O) groups excluding carboxylic acids is 1. The highest BCUT2D eigenvalue weighted by molar-refractivity contribution is 8.13. The summed E-state index contributed by atoms with van der Waals surface area (Å²) in [5.74, 6) is 1.32. The molecule has 2 aromatic rings. The SMILES string of the molecule is Cc1nc(C(=O)Cc2ccnc([C@]3(C)CCSC(N)=N3)c2)co1. The summed E-state index contributed by atoms with van der Waals surface area (Å²) in [6.45, 7) is 3.74. The normalized spacial score (nSPS) is 21.0. The van der Waals surface area contributed by atoms with Crippen molar-refractivity contribution in [2.45, 2.75) is 32.2 Å². The predicted octanol–water partition coefficient (Wildman–Crippen LogP) is 2.47. The highest BCUT2D eigenvalue weighted by atomic mass is 32.2. The number of amidine groups is 1. The molecule has 3 rings (SSSR count). The summed E-state index contributed by atoms with van der Waals surface area (Å²) in [6, 6.07) is 3.76.